The molecule has 0 amide bonds. The van der Waals surface area contributed by atoms with E-state index < -0.39 is 0 Å². The van der Waals surface area contributed by atoms with Crippen molar-refractivity contribution in [2.24, 2.45) is 10.9 Å². The third-order valence-electron chi connectivity index (χ3n) is 5.27. The van der Waals surface area contributed by atoms with E-state index in [0.717, 1.165) is 56.5 Å². The van der Waals surface area contributed by atoms with Gasteiger partial charge in [-0.3, -0.25) is 9.89 Å². The van der Waals surface area contributed by atoms with Gasteiger partial charge in [-0.25, -0.2) is 4.98 Å². The summed E-state index contributed by atoms with van der Waals surface area (Å²) in [7, 11) is 5.19. The zero-order valence-electron chi connectivity index (χ0n) is 19.7. The van der Waals surface area contributed by atoms with E-state index in [4.69, 9.17) is 9.47 Å². The first-order valence-electron chi connectivity index (χ1n) is 10.8. The van der Waals surface area contributed by atoms with Crippen LogP contribution in [0.25, 0.3) is 0 Å². The Morgan fingerprint density at radius 1 is 1.25 bits per heavy atom. The van der Waals surface area contributed by atoms with E-state index in [1.165, 1.54) is 15.4 Å². The summed E-state index contributed by atoms with van der Waals surface area (Å²) in [6.07, 6.45) is 4.10. The van der Waals surface area contributed by atoms with Crippen molar-refractivity contribution in [2.75, 3.05) is 34.4 Å². The van der Waals surface area contributed by atoms with E-state index in [1.807, 2.05) is 19.3 Å². The first kappa shape index (κ1) is 26.7. The van der Waals surface area contributed by atoms with Gasteiger partial charge in [-0.2, -0.15) is 0 Å². The number of nitrogens with one attached hydrogen (secondary N) is 2. The van der Waals surface area contributed by atoms with Crippen LogP contribution in [0.5, 0.6) is 11.5 Å². The molecule has 0 bridgehead atoms. The van der Waals surface area contributed by atoms with Crippen LogP contribution in [0.4, 0.5) is 0 Å². The van der Waals surface area contributed by atoms with Crippen molar-refractivity contribution in [3.63, 3.8) is 0 Å². The minimum absolute atomic E-state index is 0. The zero-order chi connectivity index (χ0) is 22.2. The van der Waals surface area contributed by atoms with Gasteiger partial charge in [-0.1, -0.05) is 13.8 Å². The second-order valence-corrected chi connectivity index (χ2v) is 9.53. The maximum atomic E-state index is 5.40. The molecule has 2 heterocycles. The molecule has 1 aliphatic heterocycles. The highest BCUT2D eigenvalue weighted by molar-refractivity contribution is 14.0. The third-order valence-corrected chi connectivity index (χ3v) is 6.29. The molecule has 1 unspecified atom stereocenters. The first-order chi connectivity index (χ1) is 15.0. The molecule has 1 aromatic heterocycles. The summed E-state index contributed by atoms with van der Waals surface area (Å²) in [5.74, 6) is 3.12. The van der Waals surface area contributed by atoms with E-state index in [0.29, 0.717) is 12.0 Å². The maximum absolute atomic E-state index is 5.40. The van der Waals surface area contributed by atoms with E-state index in [-0.39, 0.29) is 24.0 Å². The number of ether oxygens (including phenoxy) is 2. The molecule has 1 saturated heterocycles. The van der Waals surface area contributed by atoms with Gasteiger partial charge in [0.2, 0.25) is 0 Å². The van der Waals surface area contributed by atoms with E-state index in [9.17, 15) is 0 Å². The van der Waals surface area contributed by atoms with Crippen molar-refractivity contribution in [3.05, 3.63) is 39.8 Å². The van der Waals surface area contributed by atoms with Crippen molar-refractivity contribution >= 4 is 41.3 Å². The summed E-state index contributed by atoms with van der Waals surface area (Å²) in [6.45, 7) is 8.08. The molecular weight excluding hydrogens is 537 g/mol. The Labute approximate surface area is 213 Å². The van der Waals surface area contributed by atoms with Crippen LogP contribution < -0.4 is 20.1 Å². The van der Waals surface area contributed by atoms with Crippen LogP contribution >= 0.6 is 35.3 Å². The average molecular weight is 574 g/mol. The number of aliphatic imine (C=N–C) groups is 1. The number of halogens is 1. The standard InChI is InChI=1S/C23H35N5O2S.HI/c1-16(2)8-22-25-12-21(31-22)13-26-23(24-3)27-18-6-7-28(15-18)14-17-9-19(29-4)11-20(10-17)30-5;/h9-12,16,18H,6-8,13-15H2,1-5H3,(H2,24,26,27);1H. The summed E-state index contributed by atoms with van der Waals surface area (Å²) < 4.78 is 10.8. The Balaban J connectivity index is 0.00000363. The van der Waals surface area contributed by atoms with Gasteiger partial charge in [0.15, 0.2) is 5.96 Å². The second-order valence-electron chi connectivity index (χ2n) is 8.33. The summed E-state index contributed by atoms with van der Waals surface area (Å²) in [4.78, 5) is 12.6. The van der Waals surface area contributed by atoms with Crippen LogP contribution in [0.2, 0.25) is 0 Å². The lowest BCUT2D eigenvalue weighted by molar-refractivity contribution is 0.321. The van der Waals surface area contributed by atoms with Gasteiger partial charge in [0.25, 0.3) is 0 Å². The number of aromatic nitrogens is 1. The highest BCUT2D eigenvalue weighted by Gasteiger charge is 2.23. The zero-order valence-corrected chi connectivity index (χ0v) is 22.8. The molecule has 1 aliphatic rings. The molecule has 1 fully saturated rings. The third kappa shape index (κ3) is 8.08. The van der Waals surface area contributed by atoms with Crippen LogP contribution in [0.1, 0.15) is 35.7 Å². The molecule has 1 aromatic carbocycles. The number of benzene rings is 1. The Kier molecular flexibility index (Phi) is 11.0. The molecular formula is C23H36IN5O2S. The minimum atomic E-state index is 0. The fourth-order valence-corrected chi connectivity index (χ4v) is 4.82. The summed E-state index contributed by atoms with van der Waals surface area (Å²) in [6, 6.07) is 6.43. The molecule has 9 heteroatoms. The van der Waals surface area contributed by atoms with E-state index in [2.05, 4.69) is 51.5 Å². The fourth-order valence-electron chi connectivity index (χ4n) is 3.74. The van der Waals surface area contributed by atoms with Gasteiger partial charge in [0.05, 0.1) is 25.8 Å². The topological polar surface area (TPSA) is 71.0 Å². The molecule has 1 atom stereocenters. The van der Waals surface area contributed by atoms with Gasteiger partial charge in [-0.05, 0) is 30.0 Å². The van der Waals surface area contributed by atoms with Gasteiger partial charge in [0.1, 0.15) is 11.5 Å². The number of methoxy groups -OCH3 is 2. The van der Waals surface area contributed by atoms with Gasteiger partial charge < -0.3 is 20.1 Å². The van der Waals surface area contributed by atoms with Crippen molar-refractivity contribution in [1.82, 2.24) is 20.5 Å². The number of likely N-dealkylation sites (tertiary alicyclic amines) is 1. The molecule has 3 rings (SSSR count). The number of rotatable bonds is 9. The molecule has 2 N–H and O–H groups in total. The van der Waals surface area contributed by atoms with E-state index in [1.54, 1.807) is 25.6 Å². The molecule has 0 saturated carbocycles. The molecule has 32 heavy (non-hydrogen) atoms. The monoisotopic (exact) mass is 573 g/mol. The van der Waals surface area contributed by atoms with Crippen LogP contribution in [-0.4, -0.2) is 56.2 Å². The lowest BCUT2D eigenvalue weighted by Crippen LogP contribution is -2.44. The molecule has 0 aliphatic carbocycles. The number of hydrogen-bond acceptors (Lipinski definition) is 6. The van der Waals surface area contributed by atoms with Crippen molar-refractivity contribution in [1.29, 1.82) is 0 Å². The van der Waals surface area contributed by atoms with Gasteiger partial charge >= 0.3 is 0 Å². The minimum Gasteiger partial charge on any atom is -0.497 e. The van der Waals surface area contributed by atoms with Crippen LogP contribution in [0, 0.1) is 5.92 Å². The summed E-state index contributed by atoms with van der Waals surface area (Å²) in [5.41, 5.74) is 1.20. The van der Waals surface area contributed by atoms with Crippen LogP contribution in [-0.2, 0) is 19.5 Å². The molecule has 2 aromatic rings. The molecule has 7 nitrogen and oxygen atoms in total. The molecule has 0 radical (unpaired) electrons. The highest BCUT2D eigenvalue weighted by Crippen LogP contribution is 2.24. The highest BCUT2D eigenvalue weighted by atomic mass is 127. The Bertz CT molecular complexity index is 852. The second kappa shape index (κ2) is 13.2. The normalized spacial score (nSPS) is 16.7. The Hall–Kier alpha value is -1.59. The maximum Gasteiger partial charge on any atom is 0.191 e. The smallest absolute Gasteiger partial charge is 0.191 e. The van der Waals surface area contributed by atoms with E-state index >= 15 is 0 Å². The SMILES string of the molecule is CN=C(NCc1cnc(CC(C)C)s1)NC1CCN(Cc2cc(OC)cc(OC)c2)C1.I. The predicted molar refractivity (Wildman–Crippen MR) is 143 cm³/mol. The first-order valence-corrected chi connectivity index (χ1v) is 11.7. The number of hydrogen-bond donors (Lipinski definition) is 2. The largest absolute Gasteiger partial charge is 0.497 e. The van der Waals surface area contributed by atoms with Crippen molar-refractivity contribution < 1.29 is 9.47 Å². The fraction of sp³-hybridized carbons (Fsp3) is 0.565. The Morgan fingerprint density at radius 2 is 1.97 bits per heavy atom. The lowest BCUT2D eigenvalue weighted by Gasteiger charge is -2.19. The predicted octanol–water partition coefficient (Wildman–Crippen LogP) is 3.92. The Morgan fingerprint density at radius 3 is 2.59 bits per heavy atom. The average Bonchev–Trinajstić information content (AvgIpc) is 3.39. The number of guanidine groups is 1. The van der Waals surface area contributed by atoms with Gasteiger partial charge in [-0.15, -0.1) is 35.3 Å². The quantitative estimate of drug-likeness (QED) is 0.269. The molecule has 178 valence electrons. The summed E-state index contributed by atoms with van der Waals surface area (Å²) in [5, 5.41) is 8.20. The number of thiazole rings is 1. The number of nitrogens with zero attached hydrogens (tertiary/aromatic N) is 3. The van der Waals surface area contributed by atoms with Gasteiger partial charge in [0, 0.05) is 56.3 Å². The van der Waals surface area contributed by atoms with Crippen LogP contribution in [0.3, 0.4) is 0 Å². The van der Waals surface area contributed by atoms with Crippen molar-refractivity contribution in [2.45, 2.75) is 45.8 Å². The summed E-state index contributed by atoms with van der Waals surface area (Å²) >= 11 is 1.78. The van der Waals surface area contributed by atoms with Crippen molar-refractivity contribution in [3.8, 4) is 11.5 Å². The lowest BCUT2D eigenvalue weighted by atomic mass is 10.1. The van der Waals surface area contributed by atoms with Crippen LogP contribution in [0.15, 0.2) is 29.4 Å². The molecule has 0 spiro atoms.